The van der Waals surface area contributed by atoms with Crippen molar-refractivity contribution in [1.29, 1.82) is 0 Å². The zero-order chi connectivity index (χ0) is 13.8. The standard InChI is InChI=1S/C12H16FN5S/c1-3-8(14)7-9-10(13)5-4-6-11(9)19-12-15-16-17-18(12)2/h4-6,8H,3,7,14H2,1-2H3. The molecule has 2 N–H and O–H groups in total. The van der Waals surface area contributed by atoms with Gasteiger partial charge in [0.15, 0.2) is 0 Å². The number of nitrogens with zero attached hydrogens (tertiary/aromatic N) is 4. The van der Waals surface area contributed by atoms with Gasteiger partial charge in [-0.15, -0.1) is 5.10 Å². The summed E-state index contributed by atoms with van der Waals surface area (Å²) < 4.78 is 15.5. The number of benzene rings is 1. The third-order valence-corrected chi connectivity index (χ3v) is 3.98. The highest BCUT2D eigenvalue weighted by molar-refractivity contribution is 7.99. The van der Waals surface area contributed by atoms with Crippen molar-refractivity contribution in [2.24, 2.45) is 12.8 Å². The van der Waals surface area contributed by atoms with Crippen LogP contribution in [0.4, 0.5) is 4.39 Å². The molecule has 0 spiro atoms. The molecule has 1 unspecified atom stereocenters. The second-order valence-corrected chi connectivity index (χ2v) is 5.29. The van der Waals surface area contributed by atoms with Gasteiger partial charge >= 0.3 is 0 Å². The first kappa shape index (κ1) is 14.0. The molecule has 7 heteroatoms. The third kappa shape index (κ3) is 3.30. The zero-order valence-electron chi connectivity index (χ0n) is 10.9. The van der Waals surface area contributed by atoms with Gasteiger partial charge in [-0.3, -0.25) is 0 Å². The maximum atomic E-state index is 13.9. The Kier molecular flexibility index (Phi) is 4.49. The molecular formula is C12H16FN5S. The topological polar surface area (TPSA) is 69.6 Å². The van der Waals surface area contributed by atoms with Crippen molar-refractivity contribution in [3.63, 3.8) is 0 Å². The minimum atomic E-state index is -0.232. The van der Waals surface area contributed by atoms with Crippen LogP contribution in [0.15, 0.2) is 28.3 Å². The number of hydrogen-bond acceptors (Lipinski definition) is 5. The van der Waals surface area contributed by atoms with Crippen molar-refractivity contribution in [2.75, 3.05) is 0 Å². The summed E-state index contributed by atoms with van der Waals surface area (Å²) >= 11 is 1.35. The Morgan fingerprint density at radius 3 is 2.89 bits per heavy atom. The monoisotopic (exact) mass is 281 g/mol. The Morgan fingerprint density at radius 1 is 1.47 bits per heavy atom. The molecule has 0 saturated heterocycles. The van der Waals surface area contributed by atoms with E-state index in [9.17, 15) is 4.39 Å². The Balaban J connectivity index is 2.29. The fourth-order valence-corrected chi connectivity index (χ4v) is 2.54. The molecule has 0 radical (unpaired) electrons. The minimum absolute atomic E-state index is 0.0473. The molecular weight excluding hydrogens is 265 g/mol. The van der Waals surface area contributed by atoms with E-state index in [1.165, 1.54) is 17.8 Å². The van der Waals surface area contributed by atoms with Crippen LogP contribution in [0.2, 0.25) is 0 Å². The smallest absolute Gasteiger partial charge is 0.213 e. The fourth-order valence-electron chi connectivity index (χ4n) is 1.65. The van der Waals surface area contributed by atoms with Crippen LogP contribution in [0.1, 0.15) is 18.9 Å². The molecule has 0 aliphatic rings. The van der Waals surface area contributed by atoms with E-state index in [4.69, 9.17) is 5.73 Å². The second kappa shape index (κ2) is 6.12. The van der Waals surface area contributed by atoms with Crippen LogP contribution in [0.5, 0.6) is 0 Å². The number of halogens is 1. The van der Waals surface area contributed by atoms with Crippen LogP contribution in [-0.2, 0) is 13.5 Å². The fraction of sp³-hybridized carbons (Fsp3) is 0.417. The quantitative estimate of drug-likeness (QED) is 0.904. The SMILES string of the molecule is CCC(N)Cc1c(F)cccc1Sc1nnnn1C. The van der Waals surface area contributed by atoms with Gasteiger partial charge in [0.2, 0.25) is 5.16 Å². The molecule has 0 saturated carbocycles. The van der Waals surface area contributed by atoms with Crippen LogP contribution in [-0.4, -0.2) is 26.2 Å². The van der Waals surface area contributed by atoms with Gasteiger partial charge in [-0.25, -0.2) is 9.07 Å². The molecule has 102 valence electrons. The normalized spacial score (nSPS) is 12.6. The van der Waals surface area contributed by atoms with E-state index in [0.717, 1.165) is 11.3 Å². The molecule has 1 heterocycles. The lowest BCUT2D eigenvalue weighted by Crippen LogP contribution is -2.22. The average Bonchev–Trinajstić information content (AvgIpc) is 2.79. The van der Waals surface area contributed by atoms with Gasteiger partial charge in [-0.05, 0) is 47.2 Å². The van der Waals surface area contributed by atoms with E-state index in [1.807, 2.05) is 13.0 Å². The van der Waals surface area contributed by atoms with Gasteiger partial charge in [0.1, 0.15) is 5.82 Å². The highest BCUT2D eigenvalue weighted by Crippen LogP contribution is 2.30. The summed E-state index contributed by atoms with van der Waals surface area (Å²) in [7, 11) is 1.75. The van der Waals surface area contributed by atoms with Crippen molar-refractivity contribution in [1.82, 2.24) is 20.2 Å². The Morgan fingerprint density at radius 2 is 2.26 bits per heavy atom. The molecule has 0 amide bonds. The zero-order valence-corrected chi connectivity index (χ0v) is 11.7. The molecule has 0 bridgehead atoms. The van der Waals surface area contributed by atoms with Crippen LogP contribution in [0, 0.1) is 5.82 Å². The van der Waals surface area contributed by atoms with Crippen LogP contribution in [0.25, 0.3) is 0 Å². The van der Waals surface area contributed by atoms with E-state index in [2.05, 4.69) is 15.5 Å². The maximum Gasteiger partial charge on any atom is 0.213 e. The molecule has 0 aliphatic heterocycles. The summed E-state index contributed by atoms with van der Waals surface area (Å²) in [6, 6.07) is 4.95. The molecule has 1 atom stereocenters. The van der Waals surface area contributed by atoms with Crippen molar-refractivity contribution in [2.45, 2.75) is 35.9 Å². The molecule has 1 aromatic carbocycles. The molecule has 2 rings (SSSR count). The van der Waals surface area contributed by atoms with Crippen molar-refractivity contribution >= 4 is 11.8 Å². The van der Waals surface area contributed by atoms with Crippen LogP contribution < -0.4 is 5.73 Å². The lowest BCUT2D eigenvalue weighted by Gasteiger charge is -2.13. The second-order valence-electron chi connectivity index (χ2n) is 4.28. The molecule has 1 aromatic heterocycles. The number of nitrogens with two attached hydrogens (primary N) is 1. The highest BCUT2D eigenvalue weighted by atomic mass is 32.2. The van der Waals surface area contributed by atoms with E-state index in [1.54, 1.807) is 17.8 Å². The summed E-state index contributed by atoms with van der Waals surface area (Å²) in [6.45, 7) is 1.99. The number of aromatic nitrogens is 4. The summed E-state index contributed by atoms with van der Waals surface area (Å²) in [5.74, 6) is -0.232. The van der Waals surface area contributed by atoms with E-state index >= 15 is 0 Å². The summed E-state index contributed by atoms with van der Waals surface area (Å²) in [4.78, 5) is 0.807. The van der Waals surface area contributed by atoms with Crippen LogP contribution >= 0.6 is 11.8 Å². The van der Waals surface area contributed by atoms with E-state index < -0.39 is 0 Å². The van der Waals surface area contributed by atoms with Gasteiger partial charge in [0, 0.05) is 23.5 Å². The highest BCUT2D eigenvalue weighted by Gasteiger charge is 2.14. The lowest BCUT2D eigenvalue weighted by molar-refractivity contribution is 0.571. The van der Waals surface area contributed by atoms with Crippen molar-refractivity contribution < 1.29 is 4.39 Å². The first-order valence-corrected chi connectivity index (χ1v) is 6.86. The van der Waals surface area contributed by atoms with Crippen molar-refractivity contribution in [3.05, 3.63) is 29.6 Å². The first-order chi connectivity index (χ1) is 9.11. The maximum absolute atomic E-state index is 13.9. The minimum Gasteiger partial charge on any atom is -0.327 e. The largest absolute Gasteiger partial charge is 0.327 e. The van der Waals surface area contributed by atoms with Gasteiger partial charge in [0.05, 0.1) is 0 Å². The number of aryl methyl sites for hydroxylation is 1. The number of hydrogen-bond donors (Lipinski definition) is 1. The first-order valence-electron chi connectivity index (χ1n) is 6.05. The Labute approximate surface area is 115 Å². The third-order valence-electron chi connectivity index (χ3n) is 2.85. The Bertz CT molecular complexity index is 557. The number of rotatable bonds is 5. The summed E-state index contributed by atoms with van der Waals surface area (Å²) in [5, 5.41) is 11.8. The molecule has 0 aliphatic carbocycles. The van der Waals surface area contributed by atoms with Gasteiger partial charge < -0.3 is 5.73 Å². The van der Waals surface area contributed by atoms with E-state index in [0.29, 0.717) is 17.1 Å². The van der Waals surface area contributed by atoms with Crippen LogP contribution in [0.3, 0.4) is 0 Å². The predicted molar refractivity (Wildman–Crippen MR) is 71.3 cm³/mol. The summed E-state index contributed by atoms with van der Waals surface area (Å²) in [6.07, 6.45) is 1.32. The summed E-state index contributed by atoms with van der Waals surface area (Å²) in [5.41, 5.74) is 6.55. The molecule has 19 heavy (non-hydrogen) atoms. The molecule has 2 aromatic rings. The molecule has 0 fully saturated rings. The van der Waals surface area contributed by atoms with Gasteiger partial charge in [-0.2, -0.15) is 0 Å². The van der Waals surface area contributed by atoms with Gasteiger partial charge in [0.25, 0.3) is 0 Å². The number of tetrazole rings is 1. The van der Waals surface area contributed by atoms with E-state index in [-0.39, 0.29) is 11.9 Å². The van der Waals surface area contributed by atoms with Crippen molar-refractivity contribution in [3.8, 4) is 0 Å². The predicted octanol–water partition coefficient (Wildman–Crippen LogP) is 1.78. The Hall–Kier alpha value is -1.47. The molecule has 5 nitrogen and oxygen atoms in total. The average molecular weight is 281 g/mol. The van der Waals surface area contributed by atoms with Gasteiger partial charge in [-0.1, -0.05) is 13.0 Å². The lowest BCUT2D eigenvalue weighted by atomic mass is 10.0.